The Labute approximate surface area is 503 Å². The Morgan fingerprint density at radius 2 is 1.13 bits per heavy atom. The Hall–Kier alpha value is -4.20. The highest BCUT2D eigenvalue weighted by Crippen LogP contribution is 2.45. The van der Waals surface area contributed by atoms with Gasteiger partial charge in [0.25, 0.3) is 10.1 Å². The predicted molar refractivity (Wildman–Crippen MR) is 336 cm³/mol. The first-order valence-corrected chi connectivity index (χ1v) is 36.3. The van der Waals surface area contributed by atoms with Crippen molar-refractivity contribution in [2.45, 2.75) is 237 Å². The first-order chi connectivity index (χ1) is 40.4. The molecule has 0 amide bonds. The van der Waals surface area contributed by atoms with Gasteiger partial charge in [-0.15, -0.1) is 0 Å². The van der Waals surface area contributed by atoms with Crippen LogP contribution < -0.4 is 19.6 Å². The zero-order valence-corrected chi connectivity index (χ0v) is 54.2. The second-order valence-corrected chi connectivity index (χ2v) is 26.7. The lowest BCUT2D eigenvalue weighted by Gasteiger charge is -2.22. The number of ether oxygens (including phenoxy) is 2. The number of benzene rings is 3. The summed E-state index contributed by atoms with van der Waals surface area (Å²) >= 11 is 0. The van der Waals surface area contributed by atoms with Crippen molar-refractivity contribution in [2.24, 2.45) is 0 Å². The number of fused-ring (bicyclic) bond motifs is 2. The van der Waals surface area contributed by atoms with Crippen LogP contribution in [0.15, 0.2) is 68.8 Å². The summed E-state index contributed by atoms with van der Waals surface area (Å²) in [4.78, 5) is 37.5. The van der Waals surface area contributed by atoms with Crippen molar-refractivity contribution in [3.63, 3.8) is 0 Å². The molecule has 20 heteroatoms. The van der Waals surface area contributed by atoms with E-state index in [0.29, 0.717) is 40.7 Å². The molecule has 4 rings (SSSR count). The van der Waals surface area contributed by atoms with Crippen LogP contribution in [0.2, 0.25) is 0 Å². The summed E-state index contributed by atoms with van der Waals surface area (Å²) in [5.74, 6) is -0.613. The van der Waals surface area contributed by atoms with E-state index in [1.807, 2.05) is 64.1 Å². The van der Waals surface area contributed by atoms with Crippen LogP contribution in [0.3, 0.4) is 0 Å². The normalized spacial score (nSPS) is 13.1. The van der Waals surface area contributed by atoms with E-state index in [9.17, 15) is 40.4 Å². The van der Waals surface area contributed by atoms with Crippen LogP contribution in [0.1, 0.15) is 221 Å². The van der Waals surface area contributed by atoms with Gasteiger partial charge in [0.15, 0.2) is 6.10 Å². The number of carbonyl (C=O) groups excluding carboxylic acids is 2. The molecule has 1 heterocycles. The van der Waals surface area contributed by atoms with Gasteiger partial charge in [-0.1, -0.05) is 174 Å². The monoisotopic (exact) mass is 1230 g/mol. The van der Waals surface area contributed by atoms with Gasteiger partial charge >= 0.3 is 19.8 Å². The van der Waals surface area contributed by atoms with Crippen LogP contribution in [-0.4, -0.2) is 96.9 Å². The van der Waals surface area contributed by atoms with Gasteiger partial charge in [-0.2, -0.15) is 8.42 Å². The van der Waals surface area contributed by atoms with Crippen molar-refractivity contribution in [1.29, 1.82) is 0 Å². The number of rotatable bonds is 47. The molecular formula is C64H103N3O14PS2+. The lowest BCUT2D eigenvalue weighted by atomic mass is 9.93. The van der Waals surface area contributed by atoms with E-state index in [-0.39, 0.29) is 18.4 Å². The van der Waals surface area contributed by atoms with Gasteiger partial charge in [0.05, 0.1) is 24.2 Å². The maximum atomic E-state index is 13.7. The maximum Gasteiger partial charge on any atom is 0.472 e. The Morgan fingerprint density at radius 3 is 1.64 bits per heavy atom. The molecule has 0 aromatic heterocycles. The van der Waals surface area contributed by atoms with Crippen molar-refractivity contribution in [2.75, 3.05) is 57.4 Å². The molecule has 0 radical (unpaired) electrons. The Balaban J connectivity index is 1.38. The first-order valence-electron chi connectivity index (χ1n) is 31.8. The maximum absolute atomic E-state index is 13.7. The van der Waals surface area contributed by atoms with E-state index in [2.05, 4.69) is 28.0 Å². The van der Waals surface area contributed by atoms with Crippen molar-refractivity contribution in [1.82, 2.24) is 9.30 Å². The predicted octanol–water partition coefficient (Wildman–Crippen LogP) is 14.9. The fourth-order valence-corrected chi connectivity index (χ4v) is 13.2. The number of anilines is 1. The summed E-state index contributed by atoms with van der Waals surface area (Å²) in [6.45, 7) is 13.2. The van der Waals surface area contributed by atoms with E-state index in [0.717, 1.165) is 88.2 Å². The SMILES string of the molecule is CCCCCCCCCCCCCCCC(=O)OC[C@H](COP(=O)(O)OCCNS(=O)(=O)c1ccc(-c2c3ccc(=[N+](CC)CC)cc-3oc3cc(N(CC)CC)ccc23)c(S(=O)(=O)O)c1)OC(=O)CCCCCCCCCCCCCCC. The highest BCUT2D eigenvalue weighted by atomic mass is 32.2. The number of sulfonamides is 1. The number of carbonyl (C=O) groups is 2. The van der Waals surface area contributed by atoms with E-state index in [1.165, 1.54) is 121 Å². The molecule has 2 aromatic rings. The standard InChI is InChI=1S/C64H102N3O14PS2/c1-7-13-15-17-19-21-23-25-27-29-31-33-35-37-62(68)77-50-54(80-63(69)38-36-34-32-30-28-26-24-22-20-18-16-14-8-2)51-79-82(70,71)78-46-45-65-83(72,73)55-41-44-58(61(49-55)84(74,75)76)64-56-42-39-52(66(9-3)10-4)47-59(56)81-60-48-53(40-43-57(60)64)67(11-5)12-6/h39-44,47-49,54,65H,7-38,45-46,50-51H2,1-6H3,(H-,70,71,74,75,76)/p+1/t54-/m1/s1. The molecule has 0 spiro atoms. The van der Waals surface area contributed by atoms with E-state index >= 15 is 0 Å². The van der Waals surface area contributed by atoms with Gasteiger partial charge < -0.3 is 23.7 Å². The van der Waals surface area contributed by atoms with Crippen molar-refractivity contribution < 1.29 is 63.4 Å². The van der Waals surface area contributed by atoms with Crippen LogP contribution in [0.4, 0.5) is 5.69 Å². The molecule has 0 saturated heterocycles. The molecule has 2 aromatic carbocycles. The Kier molecular flexibility index (Phi) is 34.0. The third-order valence-electron chi connectivity index (χ3n) is 15.5. The lowest BCUT2D eigenvalue weighted by Crippen LogP contribution is -2.30. The topological polar surface area (TPSA) is 228 Å². The average molecular weight is 1230 g/mol. The van der Waals surface area contributed by atoms with Crippen molar-refractivity contribution in [3.8, 4) is 22.5 Å². The van der Waals surface area contributed by atoms with Gasteiger partial charge in [0.1, 0.15) is 35.9 Å². The molecule has 1 unspecified atom stereocenters. The number of unbranched alkanes of at least 4 members (excludes halogenated alkanes) is 24. The van der Waals surface area contributed by atoms with Crippen LogP contribution in [0.5, 0.6) is 0 Å². The van der Waals surface area contributed by atoms with Crippen LogP contribution >= 0.6 is 7.82 Å². The minimum absolute atomic E-state index is 0.0308. The zero-order chi connectivity index (χ0) is 61.2. The molecule has 84 heavy (non-hydrogen) atoms. The third-order valence-corrected chi connectivity index (χ3v) is 18.9. The third kappa shape index (κ3) is 26.0. The lowest BCUT2D eigenvalue weighted by molar-refractivity contribution is -0.161. The molecule has 0 saturated carbocycles. The van der Waals surface area contributed by atoms with Crippen LogP contribution in [-0.2, 0) is 52.8 Å². The van der Waals surface area contributed by atoms with Crippen molar-refractivity contribution >= 4 is 56.6 Å². The highest BCUT2D eigenvalue weighted by molar-refractivity contribution is 7.89. The van der Waals surface area contributed by atoms with Crippen LogP contribution in [0, 0.1) is 0 Å². The molecular weight excluding hydrogens is 1130 g/mol. The summed E-state index contributed by atoms with van der Waals surface area (Å²) in [6, 6.07) is 14.5. The minimum atomic E-state index is -5.07. The Morgan fingerprint density at radius 1 is 0.619 bits per heavy atom. The highest BCUT2D eigenvalue weighted by Gasteiger charge is 2.29. The van der Waals surface area contributed by atoms with Crippen molar-refractivity contribution in [3.05, 3.63) is 60.0 Å². The molecule has 17 nitrogen and oxygen atoms in total. The number of esters is 2. The minimum Gasteiger partial charge on any atom is -0.462 e. The largest absolute Gasteiger partial charge is 0.472 e. The molecule has 2 atom stereocenters. The second kappa shape index (κ2) is 39.6. The molecule has 1 aliphatic carbocycles. The number of phosphoric acid groups is 1. The Bertz CT molecular complexity index is 2890. The molecule has 3 N–H and O–H groups in total. The van der Waals surface area contributed by atoms with Gasteiger partial charge in [0, 0.05) is 72.4 Å². The quantitative estimate of drug-likeness (QED) is 0.00933. The summed E-state index contributed by atoms with van der Waals surface area (Å²) in [5, 5.41) is 1.40. The summed E-state index contributed by atoms with van der Waals surface area (Å²) < 4.78 is 110. The smallest absolute Gasteiger partial charge is 0.462 e. The summed E-state index contributed by atoms with van der Waals surface area (Å²) in [7, 11) is -14.5. The second-order valence-electron chi connectivity index (χ2n) is 22.1. The van der Waals surface area contributed by atoms with Gasteiger partial charge in [-0.25, -0.2) is 22.3 Å². The van der Waals surface area contributed by atoms with Gasteiger partial charge in [-0.3, -0.25) is 23.2 Å². The number of phosphoric ester groups is 1. The first kappa shape index (κ1) is 72.3. The molecule has 0 bridgehead atoms. The molecule has 1 aliphatic heterocycles. The molecule has 0 fully saturated rings. The average Bonchev–Trinajstić information content (AvgIpc) is 1.60. The number of hydrogen-bond acceptors (Lipinski definition) is 13. The number of nitrogens with zero attached hydrogens (tertiary/aromatic N) is 2. The molecule has 474 valence electrons. The number of hydrogen-bond donors (Lipinski definition) is 3. The summed E-state index contributed by atoms with van der Waals surface area (Å²) in [5.41, 5.74) is 2.28. The van der Waals surface area contributed by atoms with E-state index in [1.54, 1.807) is 0 Å². The van der Waals surface area contributed by atoms with Gasteiger partial charge in [0.2, 0.25) is 15.4 Å². The van der Waals surface area contributed by atoms with E-state index < -0.39 is 82.2 Å². The van der Waals surface area contributed by atoms with Gasteiger partial charge in [-0.05, 0) is 70.9 Å². The molecule has 2 aliphatic rings. The fourth-order valence-electron chi connectivity index (χ4n) is 10.6. The van der Waals surface area contributed by atoms with E-state index in [4.69, 9.17) is 22.9 Å². The summed E-state index contributed by atoms with van der Waals surface area (Å²) in [6.07, 6.45) is 29.1. The van der Waals surface area contributed by atoms with Crippen LogP contribution in [0.25, 0.3) is 33.4 Å². The zero-order valence-electron chi connectivity index (χ0n) is 51.7. The fraction of sp³-hybridized carbons (Fsp3) is 0.672. The number of nitrogens with one attached hydrogen (secondary N) is 1.